The first-order valence-electron chi connectivity index (χ1n) is 10.6. The van der Waals surface area contributed by atoms with Crippen LogP contribution in [0.4, 0.5) is 5.69 Å². The number of esters is 1. The number of aromatic nitrogens is 3. The Balaban J connectivity index is 1.59. The zero-order valence-electron chi connectivity index (χ0n) is 18.9. The minimum absolute atomic E-state index is 0.278. The standard InChI is InChI=1S/C25H23N5O4/c1-14-21-19(13-20(16-7-5-4-6-8-16)28-23(21)30(3)29-14)25(33)34-15(2)24(32)27-18-11-9-17(10-12-18)22(26)31/h4-13,15H,1-3H3,(H2,26,31)(H,27,32). The number of ether oxygens (including phenoxy) is 1. The number of hydrogen-bond donors (Lipinski definition) is 2. The topological polar surface area (TPSA) is 129 Å². The molecule has 1 atom stereocenters. The van der Waals surface area contributed by atoms with Crippen molar-refractivity contribution in [1.29, 1.82) is 0 Å². The molecule has 2 aromatic carbocycles. The molecule has 0 saturated heterocycles. The number of aryl methyl sites for hydroxylation is 2. The Hall–Kier alpha value is -4.53. The first-order valence-corrected chi connectivity index (χ1v) is 10.6. The van der Waals surface area contributed by atoms with E-state index >= 15 is 0 Å². The number of amides is 2. The molecule has 4 rings (SSSR count). The molecule has 0 saturated carbocycles. The molecule has 0 aliphatic carbocycles. The number of nitrogens with zero attached hydrogens (tertiary/aromatic N) is 3. The number of carbonyl (C=O) groups is 3. The van der Waals surface area contributed by atoms with Crippen LogP contribution in [0.15, 0.2) is 60.7 Å². The summed E-state index contributed by atoms with van der Waals surface area (Å²) in [5.74, 6) is -1.74. The van der Waals surface area contributed by atoms with Crippen LogP contribution in [0.3, 0.4) is 0 Å². The highest BCUT2D eigenvalue weighted by Crippen LogP contribution is 2.27. The van der Waals surface area contributed by atoms with Crippen LogP contribution in [0.25, 0.3) is 22.3 Å². The molecule has 0 aliphatic rings. The number of carbonyl (C=O) groups excluding carboxylic acids is 3. The summed E-state index contributed by atoms with van der Waals surface area (Å²) in [5, 5.41) is 7.62. The van der Waals surface area contributed by atoms with Crippen molar-refractivity contribution >= 4 is 34.5 Å². The number of fused-ring (bicyclic) bond motifs is 1. The van der Waals surface area contributed by atoms with Gasteiger partial charge in [0, 0.05) is 23.9 Å². The van der Waals surface area contributed by atoms with Crippen molar-refractivity contribution in [2.24, 2.45) is 12.8 Å². The lowest BCUT2D eigenvalue weighted by atomic mass is 10.1. The summed E-state index contributed by atoms with van der Waals surface area (Å²) < 4.78 is 7.12. The number of primary amides is 1. The van der Waals surface area contributed by atoms with Crippen molar-refractivity contribution < 1.29 is 19.1 Å². The highest BCUT2D eigenvalue weighted by Gasteiger charge is 2.24. The number of hydrogen-bond acceptors (Lipinski definition) is 6. The molecule has 9 nitrogen and oxygen atoms in total. The summed E-state index contributed by atoms with van der Waals surface area (Å²) in [7, 11) is 1.76. The molecule has 0 fully saturated rings. The van der Waals surface area contributed by atoms with Crippen LogP contribution in [-0.4, -0.2) is 38.7 Å². The van der Waals surface area contributed by atoms with Gasteiger partial charge in [0.1, 0.15) is 0 Å². The average Bonchev–Trinajstić information content (AvgIpc) is 3.12. The van der Waals surface area contributed by atoms with Gasteiger partial charge in [0.25, 0.3) is 5.91 Å². The first kappa shape index (κ1) is 22.7. The molecular weight excluding hydrogens is 434 g/mol. The predicted octanol–water partition coefficient (Wildman–Crippen LogP) is 3.23. The molecule has 2 heterocycles. The zero-order valence-corrected chi connectivity index (χ0v) is 18.9. The first-order chi connectivity index (χ1) is 16.2. The van der Waals surface area contributed by atoms with Crippen LogP contribution in [0.5, 0.6) is 0 Å². The molecule has 2 amide bonds. The van der Waals surface area contributed by atoms with Crippen molar-refractivity contribution in [3.63, 3.8) is 0 Å². The van der Waals surface area contributed by atoms with Crippen molar-refractivity contribution in [1.82, 2.24) is 14.8 Å². The van der Waals surface area contributed by atoms with Crippen LogP contribution >= 0.6 is 0 Å². The minimum atomic E-state index is -1.08. The van der Waals surface area contributed by atoms with E-state index in [2.05, 4.69) is 15.4 Å². The maximum Gasteiger partial charge on any atom is 0.339 e. The summed E-state index contributed by atoms with van der Waals surface area (Å²) >= 11 is 0. The van der Waals surface area contributed by atoms with E-state index in [4.69, 9.17) is 10.5 Å². The third-order valence-electron chi connectivity index (χ3n) is 5.35. The Morgan fingerprint density at radius 2 is 1.74 bits per heavy atom. The molecule has 2 aromatic heterocycles. The fourth-order valence-electron chi connectivity index (χ4n) is 3.60. The van der Waals surface area contributed by atoms with E-state index in [9.17, 15) is 14.4 Å². The Morgan fingerprint density at radius 1 is 1.06 bits per heavy atom. The maximum absolute atomic E-state index is 13.2. The normalized spacial score (nSPS) is 11.7. The molecule has 172 valence electrons. The van der Waals surface area contributed by atoms with Gasteiger partial charge >= 0.3 is 5.97 Å². The molecule has 0 bridgehead atoms. The molecule has 0 aliphatic heterocycles. The van der Waals surface area contributed by atoms with Crippen molar-refractivity contribution in [2.75, 3.05) is 5.32 Å². The highest BCUT2D eigenvalue weighted by molar-refractivity contribution is 6.06. The molecule has 1 unspecified atom stereocenters. The number of benzene rings is 2. The smallest absolute Gasteiger partial charge is 0.339 e. The van der Waals surface area contributed by atoms with Crippen LogP contribution in [0, 0.1) is 6.92 Å². The summed E-state index contributed by atoms with van der Waals surface area (Å²) in [6, 6.07) is 17.2. The van der Waals surface area contributed by atoms with E-state index in [-0.39, 0.29) is 5.56 Å². The monoisotopic (exact) mass is 457 g/mol. The highest BCUT2D eigenvalue weighted by atomic mass is 16.5. The zero-order chi connectivity index (χ0) is 24.4. The van der Waals surface area contributed by atoms with Gasteiger partial charge in [-0.2, -0.15) is 5.10 Å². The maximum atomic E-state index is 13.2. The van der Waals surface area contributed by atoms with Crippen LogP contribution < -0.4 is 11.1 Å². The number of pyridine rings is 1. The lowest BCUT2D eigenvalue weighted by molar-refractivity contribution is -0.123. The van der Waals surface area contributed by atoms with Crippen molar-refractivity contribution in [2.45, 2.75) is 20.0 Å². The van der Waals surface area contributed by atoms with E-state index < -0.39 is 23.9 Å². The summed E-state index contributed by atoms with van der Waals surface area (Å²) in [5.41, 5.74) is 8.86. The number of nitrogens with two attached hydrogens (primary N) is 1. The van der Waals surface area contributed by atoms with E-state index in [0.29, 0.717) is 33.7 Å². The van der Waals surface area contributed by atoms with Crippen LogP contribution in [0.1, 0.15) is 33.3 Å². The number of rotatable bonds is 6. The van der Waals surface area contributed by atoms with Gasteiger partial charge in [-0.15, -0.1) is 0 Å². The molecule has 3 N–H and O–H groups in total. The number of anilines is 1. The van der Waals surface area contributed by atoms with Gasteiger partial charge in [-0.05, 0) is 44.2 Å². The Kier molecular flexibility index (Phi) is 6.09. The fraction of sp³-hybridized carbons (Fsp3) is 0.160. The minimum Gasteiger partial charge on any atom is -0.449 e. The SMILES string of the molecule is Cc1nn(C)c2nc(-c3ccccc3)cc(C(=O)OC(C)C(=O)Nc3ccc(C(N)=O)cc3)c12. The molecule has 9 heteroatoms. The lowest BCUT2D eigenvalue weighted by Gasteiger charge is -2.15. The van der Waals surface area contributed by atoms with E-state index in [1.54, 1.807) is 36.9 Å². The van der Waals surface area contributed by atoms with Crippen molar-refractivity contribution in [3.05, 3.63) is 77.5 Å². The summed E-state index contributed by atoms with van der Waals surface area (Å²) in [6.45, 7) is 3.27. The summed E-state index contributed by atoms with van der Waals surface area (Å²) in [6.07, 6.45) is -1.08. The van der Waals surface area contributed by atoms with E-state index in [1.165, 1.54) is 19.1 Å². The Labute approximate surface area is 195 Å². The third-order valence-corrected chi connectivity index (χ3v) is 5.35. The van der Waals surface area contributed by atoms with Crippen LogP contribution in [-0.2, 0) is 16.6 Å². The predicted molar refractivity (Wildman–Crippen MR) is 127 cm³/mol. The summed E-state index contributed by atoms with van der Waals surface area (Å²) in [4.78, 5) is 41.7. The second-order valence-corrected chi connectivity index (χ2v) is 7.81. The van der Waals surface area contributed by atoms with E-state index in [0.717, 1.165) is 5.56 Å². The quantitative estimate of drug-likeness (QED) is 0.428. The largest absolute Gasteiger partial charge is 0.449 e. The molecular formula is C25H23N5O4. The second kappa shape index (κ2) is 9.14. The molecule has 0 radical (unpaired) electrons. The average molecular weight is 457 g/mol. The number of nitrogens with one attached hydrogen (secondary N) is 1. The van der Waals surface area contributed by atoms with Gasteiger partial charge in [-0.25, -0.2) is 9.78 Å². The Morgan fingerprint density at radius 3 is 2.38 bits per heavy atom. The van der Waals surface area contributed by atoms with Gasteiger partial charge in [0.2, 0.25) is 5.91 Å². The van der Waals surface area contributed by atoms with Crippen molar-refractivity contribution in [3.8, 4) is 11.3 Å². The van der Waals surface area contributed by atoms with Gasteiger partial charge in [0.05, 0.1) is 22.3 Å². The van der Waals surface area contributed by atoms with Crippen LogP contribution in [0.2, 0.25) is 0 Å². The van der Waals surface area contributed by atoms with E-state index in [1.807, 2.05) is 30.3 Å². The van der Waals surface area contributed by atoms with Gasteiger partial charge in [-0.1, -0.05) is 30.3 Å². The molecule has 4 aromatic rings. The molecule has 34 heavy (non-hydrogen) atoms. The lowest BCUT2D eigenvalue weighted by Crippen LogP contribution is -2.30. The van der Waals surface area contributed by atoms with Gasteiger partial charge < -0.3 is 15.8 Å². The third kappa shape index (κ3) is 4.49. The fourth-order valence-corrected chi connectivity index (χ4v) is 3.60. The van der Waals surface area contributed by atoms with Gasteiger partial charge in [-0.3, -0.25) is 14.3 Å². The van der Waals surface area contributed by atoms with Gasteiger partial charge in [0.15, 0.2) is 11.8 Å². The Bertz CT molecular complexity index is 1390. The second-order valence-electron chi connectivity index (χ2n) is 7.81. The molecule has 0 spiro atoms.